The van der Waals surface area contributed by atoms with Gasteiger partial charge >= 0.3 is 5.97 Å². The predicted molar refractivity (Wildman–Crippen MR) is 136 cm³/mol. The van der Waals surface area contributed by atoms with Gasteiger partial charge in [-0.25, -0.2) is 0 Å². The summed E-state index contributed by atoms with van der Waals surface area (Å²) < 4.78 is 10.9. The molecular weight excluding hydrogens is 440 g/mol. The maximum atomic E-state index is 11.6. The van der Waals surface area contributed by atoms with E-state index in [-0.39, 0.29) is 18.1 Å². The number of fused-ring (bicyclic) bond motifs is 1. The third-order valence-corrected chi connectivity index (χ3v) is 6.52. The van der Waals surface area contributed by atoms with Gasteiger partial charge in [-0.3, -0.25) is 4.79 Å². The summed E-state index contributed by atoms with van der Waals surface area (Å²) in [5.74, 6) is 0.862. The van der Waals surface area contributed by atoms with E-state index in [1.807, 2.05) is 12.1 Å². The summed E-state index contributed by atoms with van der Waals surface area (Å²) in [5.41, 5.74) is 4.08. The first-order valence-electron chi connectivity index (χ1n) is 12.6. The Morgan fingerprint density at radius 1 is 1.20 bits per heavy atom. The second-order valence-electron chi connectivity index (χ2n) is 10.0. The summed E-state index contributed by atoms with van der Waals surface area (Å²) in [5, 5.41) is 23.6. The van der Waals surface area contributed by atoms with Crippen molar-refractivity contribution in [3.05, 3.63) is 64.7 Å². The quantitative estimate of drug-likeness (QED) is 0.416. The van der Waals surface area contributed by atoms with Gasteiger partial charge in [-0.15, -0.1) is 0 Å². The lowest BCUT2D eigenvalue weighted by Gasteiger charge is -2.30. The van der Waals surface area contributed by atoms with E-state index in [0.29, 0.717) is 49.6 Å². The average Bonchev–Trinajstić information content (AvgIpc) is 3.23. The average molecular weight is 479 g/mol. The second kappa shape index (κ2) is 12.7. The molecule has 0 spiro atoms. The SMILES string of the molecule is CCOC(=O)CCCc1cccc(C#N)c1OCC(O)CNC(C)(C)CC1Cc2ccccc2C1. The van der Waals surface area contributed by atoms with E-state index in [1.165, 1.54) is 11.1 Å². The van der Waals surface area contributed by atoms with Crippen LogP contribution in [0.15, 0.2) is 42.5 Å². The van der Waals surface area contributed by atoms with E-state index >= 15 is 0 Å². The number of rotatable bonds is 13. The topological polar surface area (TPSA) is 91.6 Å². The lowest BCUT2D eigenvalue weighted by Crippen LogP contribution is -2.46. The summed E-state index contributed by atoms with van der Waals surface area (Å²) in [6.45, 7) is 7.00. The Morgan fingerprint density at radius 2 is 1.91 bits per heavy atom. The van der Waals surface area contributed by atoms with Crippen LogP contribution < -0.4 is 10.1 Å². The van der Waals surface area contributed by atoms with Crippen LogP contribution in [-0.2, 0) is 28.8 Å². The Morgan fingerprint density at radius 3 is 2.57 bits per heavy atom. The summed E-state index contributed by atoms with van der Waals surface area (Å²) >= 11 is 0. The van der Waals surface area contributed by atoms with Crippen molar-refractivity contribution in [1.82, 2.24) is 5.32 Å². The molecule has 0 fully saturated rings. The van der Waals surface area contributed by atoms with Gasteiger partial charge in [-0.05, 0) is 81.5 Å². The molecule has 3 rings (SSSR count). The lowest BCUT2D eigenvalue weighted by molar-refractivity contribution is -0.143. The fraction of sp³-hybridized carbons (Fsp3) is 0.517. The number of β-amino-alcohol motifs (C(OH)–C–C–N with tert-alkyl or cyclic N) is 1. The van der Waals surface area contributed by atoms with Crippen LogP contribution in [0.5, 0.6) is 5.75 Å². The van der Waals surface area contributed by atoms with Gasteiger partial charge in [0.05, 0.1) is 12.2 Å². The Balaban J connectivity index is 1.48. The predicted octanol–water partition coefficient (Wildman–Crippen LogP) is 4.36. The molecular formula is C29H38N2O4. The number of aryl methyl sites for hydroxylation is 1. The third-order valence-electron chi connectivity index (χ3n) is 6.52. The zero-order chi connectivity index (χ0) is 25.3. The minimum absolute atomic E-state index is 0.0848. The number of nitrogens with one attached hydrogen (secondary N) is 1. The van der Waals surface area contributed by atoms with E-state index in [0.717, 1.165) is 24.8 Å². The van der Waals surface area contributed by atoms with Crippen molar-refractivity contribution in [3.8, 4) is 11.8 Å². The van der Waals surface area contributed by atoms with Gasteiger partial charge in [0, 0.05) is 18.5 Å². The summed E-state index contributed by atoms with van der Waals surface area (Å²) in [6, 6.07) is 16.2. The van der Waals surface area contributed by atoms with Crippen molar-refractivity contribution in [2.24, 2.45) is 5.92 Å². The van der Waals surface area contributed by atoms with Gasteiger partial charge in [0.25, 0.3) is 0 Å². The van der Waals surface area contributed by atoms with Crippen molar-refractivity contribution in [2.45, 2.75) is 70.9 Å². The van der Waals surface area contributed by atoms with Crippen molar-refractivity contribution >= 4 is 5.97 Å². The minimum atomic E-state index is -0.714. The fourth-order valence-corrected chi connectivity index (χ4v) is 4.92. The molecule has 1 atom stereocenters. The van der Waals surface area contributed by atoms with E-state index < -0.39 is 6.10 Å². The maximum absolute atomic E-state index is 11.6. The van der Waals surface area contributed by atoms with Gasteiger partial charge in [0.15, 0.2) is 0 Å². The number of para-hydroxylation sites is 1. The van der Waals surface area contributed by atoms with E-state index in [9.17, 15) is 15.2 Å². The first-order valence-corrected chi connectivity index (χ1v) is 12.6. The maximum Gasteiger partial charge on any atom is 0.305 e. The van der Waals surface area contributed by atoms with Gasteiger partial charge in [0.1, 0.15) is 24.5 Å². The molecule has 0 aliphatic heterocycles. The molecule has 188 valence electrons. The standard InChI is InChI=1S/C29H38N2O4/c1-4-34-27(33)14-8-12-22-11-7-13-25(18-30)28(22)35-20-26(32)19-31-29(2,3)17-21-15-23-9-5-6-10-24(23)16-21/h5-7,9-11,13,21,26,31-32H,4,8,12,14-17,19-20H2,1-3H3. The van der Waals surface area contributed by atoms with Crippen molar-refractivity contribution < 1.29 is 19.4 Å². The Hall–Kier alpha value is -2.88. The summed E-state index contributed by atoms with van der Waals surface area (Å²) in [6.07, 6.45) is 4.04. The number of esters is 1. The highest BCUT2D eigenvalue weighted by atomic mass is 16.5. The number of hydrogen-bond acceptors (Lipinski definition) is 6. The first-order chi connectivity index (χ1) is 16.8. The number of benzene rings is 2. The number of ether oxygens (including phenoxy) is 2. The molecule has 2 aromatic carbocycles. The number of aliphatic hydroxyl groups excluding tert-OH is 1. The molecule has 0 aromatic heterocycles. The zero-order valence-electron chi connectivity index (χ0n) is 21.2. The molecule has 0 saturated carbocycles. The van der Waals surface area contributed by atoms with Crippen LogP contribution in [0.4, 0.5) is 0 Å². The second-order valence-corrected chi connectivity index (χ2v) is 10.0. The highest BCUT2D eigenvalue weighted by Gasteiger charge is 2.28. The molecule has 0 radical (unpaired) electrons. The molecule has 0 bridgehead atoms. The smallest absolute Gasteiger partial charge is 0.305 e. The molecule has 2 N–H and O–H groups in total. The molecule has 0 heterocycles. The monoisotopic (exact) mass is 478 g/mol. The normalized spacial score (nSPS) is 14.3. The van der Waals surface area contributed by atoms with Crippen molar-refractivity contribution in [3.63, 3.8) is 0 Å². The largest absolute Gasteiger partial charge is 0.489 e. The van der Waals surface area contributed by atoms with Gasteiger partial charge < -0.3 is 19.9 Å². The van der Waals surface area contributed by atoms with Crippen LogP contribution in [0, 0.1) is 17.2 Å². The number of carbonyl (C=O) groups is 1. The lowest BCUT2D eigenvalue weighted by atomic mass is 9.88. The number of nitriles is 1. The Labute approximate surface area is 209 Å². The number of aliphatic hydroxyl groups is 1. The molecule has 1 aliphatic carbocycles. The summed E-state index contributed by atoms with van der Waals surface area (Å²) in [4.78, 5) is 11.6. The molecule has 35 heavy (non-hydrogen) atoms. The van der Waals surface area contributed by atoms with Crippen molar-refractivity contribution in [2.75, 3.05) is 19.8 Å². The van der Waals surface area contributed by atoms with Crippen LogP contribution in [0.3, 0.4) is 0 Å². The first kappa shape index (κ1) is 26.7. The Bertz CT molecular complexity index is 1000. The van der Waals surface area contributed by atoms with E-state index in [1.54, 1.807) is 13.0 Å². The third kappa shape index (κ3) is 8.09. The zero-order valence-corrected chi connectivity index (χ0v) is 21.2. The highest BCUT2D eigenvalue weighted by molar-refractivity contribution is 5.69. The molecule has 1 aliphatic rings. The highest BCUT2D eigenvalue weighted by Crippen LogP contribution is 2.32. The van der Waals surface area contributed by atoms with Crippen LogP contribution in [0.2, 0.25) is 0 Å². The van der Waals surface area contributed by atoms with Crippen LogP contribution >= 0.6 is 0 Å². The summed E-state index contributed by atoms with van der Waals surface area (Å²) in [7, 11) is 0. The van der Waals surface area contributed by atoms with Crippen LogP contribution in [0.1, 0.15) is 62.3 Å². The van der Waals surface area contributed by atoms with Crippen LogP contribution in [0.25, 0.3) is 0 Å². The van der Waals surface area contributed by atoms with Crippen LogP contribution in [-0.4, -0.2) is 42.5 Å². The number of nitrogens with zero attached hydrogens (tertiary/aromatic N) is 1. The van der Waals surface area contributed by atoms with Crippen molar-refractivity contribution in [1.29, 1.82) is 5.26 Å². The molecule has 2 aromatic rings. The number of carbonyl (C=O) groups excluding carboxylic acids is 1. The minimum Gasteiger partial charge on any atom is -0.489 e. The molecule has 6 heteroatoms. The number of hydrogen-bond donors (Lipinski definition) is 2. The van der Waals surface area contributed by atoms with Gasteiger partial charge in [0.2, 0.25) is 0 Å². The fourth-order valence-electron chi connectivity index (χ4n) is 4.92. The van der Waals surface area contributed by atoms with Gasteiger partial charge in [-0.2, -0.15) is 5.26 Å². The molecule has 6 nitrogen and oxygen atoms in total. The van der Waals surface area contributed by atoms with E-state index in [2.05, 4.69) is 49.5 Å². The molecule has 0 saturated heterocycles. The van der Waals surface area contributed by atoms with Gasteiger partial charge in [-0.1, -0.05) is 36.4 Å². The molecule has 0 amide bonds. The Kier molecular flexibility index (Phi) is 9.71. The van der Waals surface area contributed by atoms with E-state index in [4.69, 9.17) is 9.47 Å². The molecule has 1 unspecified atom stereocenters.